The molecule has 1 aromatic rings. The van der Waals surface area contributed by atoms with Gasteiger partial charge in [-0.3, -0.25) is 4.79 Å². The van der Waals surface area contributed by atoms with E-state index in [1.807, 2.05) is 0 Å². The number of carbonyl (C=O) groups is 1. The summed E-state index contributed by atoms with van der Waals surface area (Å²) in [4.78, 5) is 11.8. The molecule has 4 nitrogen and oxygen atoms in total. The van der Waals surface area contributed by atoms with Crippen molar-refractivity contribution in [3.8, 4) is 0 Å². The van der Waals surface area contributed by atoms with Gasteiger partial charge in [0, 0.05) is 6.61 Å². The quantitative estimate of drug-likeness (QED) is 0.545. The highest BCUT2D eigenvalue weighted by atomic mass is 32.2. The molecule has 1 amide bonds. The van der Waals surface area contributed by atoms with Crippen molar-refractivity contribution in [2.45, 2.75) is 18.6 Å². The SMILES string of the molecule is CC(SCCCO)C(=O)Nc1ccc(F)cc1N. The molecular weight excluding hydrogens is 255 g/mol. The molecule has 0 heterocycles. The molecule has 1 atom stereocenters. The predicted octanol–water partition coefficient (Wildman–Crippen LogP) is 1.85. The lowest BCUT2D eigenvalue weighted by atomic mass is 10.2. The highest BCUT2D eigenvalue weighted by molar-refractivity contribution is 8.00. The van der Waals surface area contributed by atoms with Crippen LogP contribution in [0.25, 0.3) is 0 Å². The zero-order valence-electron chi connectivity index (χ0n) is 10.1. The first kappa shape index (κ1) is 14.8. The van der Waals surface area contributed by atoms with E-state index in [0.717, 1.165) is 0 Å². The maximum atomic E-state index is 12.8. The molecule has 100 valence electrons. The molecular formula is C12H17FN2O2S. The summed E-state index contributed by atoms with van der Waals surface area (Å²) >= 11 is 1.45. The van der Waals surface area contributed by atoms with E-state index >= 15 is 0 Å². The summed E-state index contributed by atoms with van der Waals surface area (Å²) in [5.41, 5.74) is 6.21. The van der Waals surface area contributed by atoms with Crippen LogP contribution in [0.4, 0.5) is 15.8 Å². The number of benzene rings is 1. The molecule has 0 saturated heterocycles. The van der Waals surface area contributed by atoms with Gasteiger partial charge in [0.1, 0.15) is 5.82 Å². The van der Waals surface area contributed by atoms with Crippen molar-refractivity contribution < 1.29 is 14.3 Å². The van der Waals surface area contributed by atoms with Crippen molar-refractivity contribution >= 4 is 29.0 Å². The fraction of sp³-hybridized carbons (Fsp3) is 0.417. The number of hydrogen-bond acceptors (Lipinski definition) is 4. The largest absolute Gasteiger partial charge is 0.397 e. The zero-order chi connectivity index (χ0) is 13.5. The molecule has 4 N–H and O–H groups in total. The molecule has 0 saturated carbocycles. The molecule has 1 unspecified atom stereocenters. The van der Waals surface area contributed by atoms with Gasteiger partial charge in [0.2, 0.25) is 5.91 Å². The number of hydrogen-bond donors (Lipinski definition) is 3. The lowest BCUT2D eigenvalue weighted by Crippen LogP contribution is -2.23. The molecule has 0 aliphatic heterocycles. The Balaban J connectivity index is 2.53. The Bertz CT molecular complexity index is 415. The molecule has 0 fully saturated rings. The van der Waals surface area contributed by atoms with Gasteiger partial charge in [0.05, 0.1) is 16.6 Å². The maximum Gasteiger partial charge on any atom is 0.237 e. The van der Waals surface area contributed by atoms with Crippen LogP contribution in [-0.2, 0) is 4.79 Å². The van der Waals surface area contributed by atoms with E-state index in [1.54, 1.807) is 6.92 Å². The molecule has 0 aliphatic rings. The van der Waals surface area contributed by atoms with Crippen LogP contribution < -0.4 is 11.1 Å². The Morgan fingerprint density at radius 2 is 2.33 bits per heavy atom. The summed E-state index contributed by atoms with van der Waals surface area (Å²) in [5.74, 6) is 0.0939. The van der Waals surface area contributed by atoms with Gasteiger partial charge in [-0.2, -0.15) is 0 Å². The number of nitrogen functional groups attached to an aromatic ring is 1. The Hall–Kier alpha value is -1.27. The summed E-state index contributed by atoms with van der Waals surface area (Å²) in [7, 11) is 0. The van der Waals surface area contributed by atoms with E-state index in [-0.39, 0.29) is 23.5 Å². The highest BCUT2D eigenvalue weighted by Crippen LogP contribution is 2.21. The predicted molar refractivity (Wildman–Crippen MR) is 73.1 cm³/mol. The lowest BCUT2D eigenvalue weighted by molar-refractivity contribution is -0.115. The van der Waals surface area contributed by atoms with Gasteiger partial charge in [-0.1, -0.05) is 0 Å². The molecule has 1 aromatic carbocycles. The minimum Gasteiger partial charge on any atom is -0.397 e. The first-order chi connectivity index (χ1) is 8.54. The van der Waals surface area contributed by atoms with Crippen molar-refractivity contribution in [1.29, 1.82) is 0 Å². The summed E-state index contributed by atoms with van der Waals surface area (Å²) in [6.07, 6.45) is 0.654. The zero-order valence-corrected chi connectivity index (χ0v) is 11.0. The molecule has 0 bridgehead atoms. The van der Waals surface area contributed by atoms with Crippen LogP contribution >= 0.6 is 11.8 Å². The smallest absolute Gasteiger partial charge is 0.237 e. The van der Waals surface area contributed by atoms with Gasteiger partial charge in [-0.05, 0) is 37.3 Å². The normalized spacial score (nSPS) is 12.2. The lowest BCUT2D eigenvalue weighted by Gasteiger charge is -2.13. The van der Waals surface area contributed by atoms with E-state index in [0.29, 0.717) is 17.9 Å². The Labute approximate surface area is 110 Å². The number of carbonyl (C=O) groups excluding carboxylic acids is 1. The standard InChI is InChI=1S/C12H17FN2O2S/c1-8(18-6-2-5-16)12(17)15-11-4-3-9(13)7-10(11)14/h3-4,7-8,16H,2,5-6,14H2,1H3,(H,15,17). The van der Waals surface area contributed by atoms with E-state index in [4.69, 9.17) is 10.8 Å². The molecule has 0 aromatic heterocycles. The summed E-state index contributed by atoms with van der Waals surface area (Å²) in [6, 6.07) is 3.85. The second kappa shape index (κ2) is 7.23. The van der Waals surface area contributed by atoms with Crippen LogP contribution in [0, 0.1) is 5.82 Å². The summed E-state index contributed by atoms with van der Waals surface area (Å²) in [6.45, 7) is 1.89. The third-order valence-electron chi connectivity index (χ3n) is 2.31. The number of thioether (sulfide) groups is 1. The number of aliphatic hydroxyl groups excluding tert-OH is 1. The van der Waals surface area contributed by atoms with Gasteiger partial charge in [-0.15, -0.1) is 11.8 Å². The van der Waals surface area contributed by atoms with Crippen molar-refractivity contribution in [3.63, 3.8) is 0 Å². The number of halogens is 1. The average molecular weight is 272 g/mol. The number of nitrogens with two attached hydrogens (primary N) is 1. The highest BCUT2D eigenvalue weighted by Gasteiger charge is 2.14. The monoisotopic (exact) mass is 272 g/mol. The molecule has 0 aliphatic carbocycles. The van der Waals surface area contributed by atoms with Crippen molar-refractivity contribution in [3.05, 3.63) is 24.0 Å². The van der Waals surface area contributed by atoms with E-state index < -0.39 is 5.82 Å². The van der Waals surface area contributed by atoms with E-state index in [9.17, 15) is 9.18 Å². The second-order valence-electron chi connectivity index (χ2n) is 3.81. The number of anilines is 2. The average Bonchev–Trinajstić information content (AvgIpc) is 2.32. The summed E-state index contributed by atoms with van der Waals surface area (Å²) < 4.78 is 12.8. The van der Waals surface area contributed by atoms with Gasteiger partial charge in [-0.25, -0.2) is 4.39 Å². The van der Waals surface area contributed by atoms with Crippen molar-refractivity contribution in [2.24, 2.45) is 0 Å². The maximum absolute atomic E-state index is 12.8. The van der Waals surface area contributed by atoms with Gasteiger partial charge < -0.3 is 16.2 Å². The molecule has 1 rings (SSSR count). The topological polar surface area (TPSA) is 75.3 Å². The Morgan fingerprint density at radius 1 is 1.61 bits per heavy atom. The van der Waals surface area contributed by atoms with Gasteiger partial charge >= 0.3 is 0 Å². The fourth-order valence-electron chi connectivity index (χ4n) is 1.28. The van der Waals surface area contributed by atoms with Crippen molar-refractivity contribution in [2.75, 3.05) is 23.4 Å². The number of rotatable bonds is 6. The Morgan fingerprint density at radius 3 is 2.94 bits per heavy atom. The molecule has 0 radical (unpaired) electrons. The van der Waals surface area contributed by atoms with Crippen LogP contribution in [0.2, 0.25) is 0 Å². The van der Waals surface area contributed by atoms with E-state index in [2.05, 4.69) is 5.32 Å². The van der Waals surface area contributed by atoms with Crippen LogP contribution in [0.5, 0.6) is 0 Å². The third kappa shape index (κ3) is 4.54. The molecule has 0 spiro atoms. The van der Waals surface area contributed by atoms with Crippen LogP contribution in [-0.4, -0.2) is 28.6 Å². The minimum absolute atomic E-state index is 0.117. The Kier molecular flexibility index (Phi) is 5.94. The molecule has 18 heavy (non-hydrogen) atoms. The van der Waals surface area contributed by atoms with Crippen LogP contribution in [0.15, 0.2) is 18.2 Å². The van der Waals surface area contributed by atoms with Crippen LogP contribution in [0.3, 0.4) is 0 Å². The fourth-order valence-corrected chi connectivity index (χ4v) is 2.14. The van der Waals surface area contributed by atoms with Crippen LogP contribution in [0.1, 0.15) is 13.3 Å². The second-order valence-corrected chi connectivity index (χ2v) is 5.26. The third-order valence-corrected chi connectivity index (χ3v) is 3.55. The number of amides is 1. The van der Waals surface area contributed by atoms with Gasteiger partial charge in [0.25, 0.3) is 0 Å². The number of aliphatic hydroxyl groups is 1. The van der Waals surface area contributed by atoms with E-state index in [1.165, 1.54) is 30.0 Å². The first-order valence-electron chi connectivity index (χ1n) is 5.63. The molecule has 6 heteroatoms. The number of nitrogens with one attached hydrogen (secondary N) is 1. The first-order valence-corrected chi connectivity index (χ1v) is 6.68. The van der Waals surface area contributed by atoms with Gasteiger partial charge in [0.15, 0.2) is 0 Å². The summed E-state index contributed by atoms with van der Waals surface area (Å²) in [5, 5.41) is 11.1. The minimum atomic E-state index is -0.434. The van der Waals surface area contributed by atoms with Crippen molar-refractivity contribution in [1.82, 2.24) is 0 Å².